The van der Waals surface area contributed by atoms with E-state index in [1.54, 1.807) is 0 Å². The van der Waals surface area contributed by atoms with Crippen LogP contribution >= 0.6 is 0 Å². The highest BCUT2D eigenvalue weighted by Crippen LogP contribution is 2.27. The molecule has 0 amide bonds. The van der Waals surface area contributed by atoms with Crippen molar-refractivity contribution in [2.24, 2.45) is 0 Å². The Hall–Kier alpha value is -0.860. The second kappa shape index (κ2) is 7.42. The van der Waals surface area contributed by atoms with Gasteiger partial charge in [-0.25, -0.2) is 0 Å². The summed E-state index contributed by atoms with van der Waals surface area (Å²) in [4.78, 5) is 0. The van der Waals surface area contributed by atoms with Crippen molar-refractivity contribution in [1.82, 2.24) is 5.32 Å². The van der Waals surface area contributed by atoms with Gasteiger partial charge in [-0.1, -0.05) is 55.5 Å². The van der Waals surface area contributed by atoms with E-state index in [2.05, 4.69) is 36.5 Å². The molecule has 2 fully saturated rings. The molecular weight excluding hydrogens is 258 g/mol. The summed E-state index contributed by atoms with van der Waals surface area (Å²) in [6.07, 6.45) is 11.3. The zero-order valence-electron chi connectivity index (χ0n) is 13.3. The van der Waals surface area contributed by atoms with Crippen molar-refractivity contribution < 1.29 is 4.74 Å². The molecule has 0 aromatic heterocycles. The summed E-state index contributed by atoms with van der Waals surface area (Å²) in [7, 11) is 0. The quantitative estimate of drug-likeness (QED) is 0.776. The van der Waals surface area contributed by atoms with Gasteiger partial charge in [0, 0.05) is 12.6 Å². The average molecular weight is 287 g/mol. The lowest BCUT2D eigenvalue weighted by Gasteiger charge is -2.25. The first-order valence-corrected chi connectivity index (χ1v) is 8.76. The van der Waals surface area contributed by atoms with Crippen LogP contribution in [0.5, 0.6) is 0 Å². The predicted molar refractivity (Wildman–Crippen MR) is 87.5 cm³/mol. The van der Waals surface area contributed by atoms with E-state index < -0.39 is 0 Å². The Kier molecular flexibility index (Phi) is 5.32. The SMILES string of the molecule is Cc1ccc(C(CNC2CC2)OC2CCCCCC2)cc1. The Morgan fingerprint density at radius 3 is 2.29 bits per heavy atom. The normalized spacial score (nSPS) is 22.0. The van der Waals surface area contributed by atoms with Crippen LogP contribution < -0.4 is 5.32 Å². The number of hydrogen-bond acceptors (Lipinski definition) is 2. The minimum Gasteiger partial charge on any atom is -0.369 e. The topological polar surface area (TPSA) is 21.3 Å². The summed E-state index contributed by atoms with van der Waals surface area (Å²) in [6.45, 7) is 3.11. The van der Waals surface area contributed by atoms with Crippen molar-refractivity contribution in [1.29, 1.82) is 0 Å². The molecule has 2 saturated carbocycles. The maximum atomic E-state index is 6.51. The van der Waals surface area contributed by atoms with Gasteiger partial charge in [0.25, 0.3) is 0 Å². The van der Waals surface area contributed by atoms with E-state index in [0.717, 1.165) is 12.6 Å². The molecule has 0 spiro atoms. The molecule has 1 atom stereocenters. The lowest BCUT2D eigenvalue weighted by Crippen LogP contribution is -2.28. The largest absolute Gasteiger partial charge is 0.369 e. The Bertz CT molecular complexity index is 416. The summed E-state index contributed by atoms with van der Waals surface area (Å²) < 4.78 is 6.51. The van der Waals surface area contributed by atoms with Gasteiger partial charge in [-0.3, -0.25) is 0 Å². The summed E-state index contributed by atoms with van der Waals surface area (Å²) in [5, 5.41) is 3.65. The zero-order valence-corrected chi connectivity index (χ0v) is 13.3. The van der Waals surface area contributed by atoms with Crippen molar-refractivity contribution in [3.63, 3.8) is 0 Å². The van der Waals surface area contributed by atoms with Crippen LogP contribution in [0.2, 0.25) is 0 Å². The van der Waals surface area contributed by atoms with E-state index >= 15 is 0 Å². The average Bonchev–Trinajstić information content (AvgIpc) is 3.32. The molecule has 0 heterocycles. The Labute approximate surface area is 129 Å². The van der Waals surface area contributed by atoms with Crippen molar-refractivity contribution in [2.75, 3.05) is 6.54 Å². The van der Waals surface area contributed by atoms with Crippen molar-refractivity contribution in [2.45, 2.75) is 76.5 Å². The number of ether oxygens (including phenoxy) is 1. The predicted octanol–water partition coefficient (Wildman–Crippen LogP) is 4.53. The van der Waals surface area contributed by atoms with Crippen molar-refractivity contribution in [3.05, 3.63) is 35.4 Å². The molecule has 0 radical (unpaired) electrons. The molecule has 1 aromatic carbocycles. The van der Waals surface area contributed by atoms with Crippen LogP contribution in [0.15, 0.2) is 24.3 Å². The highest BCUT2D eigenvalue weighted by Gasteiger charge is 2.24. The molecule has 1 unspecified atom stereocenters. The standard InChI is InChI=1S/C19H29NO/c1-15-8-10-16(11-9-15)19(14-20-17-12-13-17)21-18-6-4-2-3-5-7-18/h8-11,17-20H,2-7,12-14H2,1H3. The molecule has 1 aromatic rings. The smallest absolute Gasteiger partial charge is 0.0953 e. The van der Waals surface area contributed by atoms with E-state index in [4.69, 9.17) is 4.74 Å². The number of aryl methyl sites for hydroxylation is 1. The molecular formula is C19H29NO. The summed E-state index contributed by atoms with van der Waals surface area (Å²) in [6, 6.07) is 9.64. The highest BCUT2D eigenvalue weighted by atomic mass is 16.5. The molecule has 2 heteroatoms. The van der Waals surface area contributed by atoms with Crippen LogP contribution in [0.3, 0.4) is 0 Å². The third-order valence-electron chi connectivity index (χ3n) is 4.78. The fourth-order valence-corrected chi connectivity index (χ4v) is 3.20. The minimum atomic E-state index is 0.217. The number of benzene rings is 1. The second-order valence-corrected chi connectivity index (χ2v) is 6.83. The van der Waals surface area contributed by atoms with Gasteiger partial charge < -0.3 is 10.1 Å². The minimum absolute atomic E-state index is 0.217. The Morgan fingerprint density at radius 2 is 1.67 bits per heavy atom. The van der Waals surface area contributed by atoms with Crippen LogP contribution in [0.25, 0.3) is 0 Å². The lowest BCUT2D eigenvalue weighted by molar-refractivity contribution is -0.0203. The fraction of sp³-hybridized carbons (Fsp3) is 0.684. The van der Waals surface area contributed by atoms with Crippen molar-refractivity contribution in [3.8, 4) is 0 Å². The molecule has 116 valence electrons. The van der Waals surface area contributed by atoms with Gasteiger partial charge in [-0.15, -0.1) is 0 Å². The van der Waals surface area contributed by atoms with Crippen molar-refractivity contribution >= 4 is 0 Å². The first-order valence-electron chi connectivity index (χ1n) is 8.76. The number of nitrogens with one attached hydrogen (secondary N) is 1. The Balaban J connectivity index is 1.63. The molecule has 2 aliphatic carbocycles. The van der Waals surface area contributed by atoms with Crippen LogP contribution in [-0.4, -0.2) is 18.7 Å². The molecule has 21 heavy (non-hydrogen) atoms. The van der Waals surface area contributed by atoms with E-state index in [0.29, 0.717) is 6.10 Å². The molecule has 1 N–H and O–H groups in total. The van der Waals surface area contributed by atoms with Gasteiger partial charge in [0.2, 0.25) is 0 Å². The zero-order chi connectivity index (χ0) is 14.5. The first-order chi connectivity index (χ1) is 10.3. The van der Waals surface area contributed by atoms with Crippen LogP contribution in [0.4, 0.5) is 0 Å². The third-order valence-corrected chi connectivity index (χ3v) is 4.78. The molecule has 0 saturated heterocycles. The van der Waals surface area contributed by atoms with E-state index in [9.17, 15) is 0 Å². The highest BCUT2D eigenvalue weighted by molar-refractivity contribution is 5.23. The number of hydrogen-bond donors (Lipinski definition) is 1. The third kappa shape index (κ3) is 4.82. The van der Waals surface area contributed by atoms with E-state index in [-0.39, 0.29) is 6.10 Å². The maximum Gasteiger partial charge on any atom is 0.0953 e. The van der Waals surface area contributed by atoms with Gasteiger partial charge in [0.1, 0.15) is 0 Å². The van der Waals surface area contributed by atoms with Gasteiger partial charge in [-0.05, 0) is 38.2 Å². The summed E-state index contributed by atoms with van der Waals surface area (Å²) in [5.74, 6) is 0. The van der Waals surface area contributed by atoms with E-state index in [1.165, 1.54) is 62.5 Å². The van der Waals surface area contributed by atoms with Gasteiger partial charge >= 0.3 is 0 Å². The lowest BCUT2D eigenvalue weighted by atomic mass is 10.1. The van der Waals surface area contributed by atoms with Crippen LogP contribution in [0.1, 0.15) is 68.6 Å². The molecule has 2 nitrogen and oxygen atoms in total. The second-order valence-electron chi connectivity index (χ2n) is 6.83. The summed E-state index contributed by atoms with van der Waals surface area (Å²) in [5.41, 5.74) is 2.65. The Morgan fingerprint density at radius 1 is 1.00 bits per heavy atom. The summed E-state index contributed by atoms with van der Waals surface area (Å²) >= 11 is 0. The fourth-order valence-electron chi connectivity index (χ4n) is 3.20. The van der Waals surface area contributed by atoms with Gasteiger partial charge in [0.15, 0.2) is 0 Å². The van der Waals surface area contributed by atoms with Gasteiger partial charge in [0.05, 0.1) is 12.2 Å². The van der Waals surface area contributed by atoms with Crippen LogP contribution in [0, 0.1) is 6.92 Å². The van der Waals surface area contributed by atoms with Crippen LogP contribution in [-0.2, 0) is 4.74 Å². The molecule has 0 bridgehead atoms. The van der Waals surface area contributed by atoms with Gasteiger partial charge in [-0.2, -0.15) is 0 Å². The maximum absolute atomic E-state index is 6.51. The molecule has 3 rings (SSSR count). The molecule has 0 aliphatic heterocycles. The first kappa shape index (κ1) is 15.1. The van der Waals surface area contributed by atoms with E-state index in [1.807, 2.05) is 0 Å². The molecule has 2 aliphatic rings. The number of rotatable bonds is 6. The monoisotopic (exact) mass is 287 g/mol.